The molecule has 35 heavy (non-hydrogen) atoms. The molecular formula is C26H32N8O. The second-order valence-electron chi connectivity index (χ2n) is 9.00. The molecule has 0 unspecified atom stereocenters. The normalized spacial score (nSPS) is 14.3. The number of nitrogens with one attached hydrogen (secondary N) is 3. The topological polar surface area (TPSA) is 120 Å². The summed E-state index contributed by atoms with van der Waals surface area (Å²) in [4.78, 5) is 23.5. The van der Waals surface area contributed by atoms with Crippen molar-refractivity contribution in [2.75, 3.05) is 25.0 Å². The largest absolute Gasteiger partial charge is 0.390 e. The van der Waals surface area contributed by atoms with Gasteiger partial charge in [-0.15, -0.1) is 5.10 Å². The van der Waals surface area contributed by atoms with Crippen molar-refractivity contribution in [2.24, 2.45) is 0 Å². The molecule has 182 valence electrons. The van der Waals surface area contributed by atoms with Crippen LogP contribution in [0.25, 0.3) is 16.6 Å². The van der Waals surface area contributed by atoms with Gasteiger partial charge in [0.15, 0.2) is 5.82 Å². The molecular weight excluding hydrogens is 440 g/mol. The lowest BCUT2D eigenvalue weighted by Gasteiger charge is -2.26. The maximum Gasteiger partial charge on any atom is 0.224 e. The summed E-state index contributed by atoms with van der Waals surface area (Å²) < 4.78 is 0. The fourth-order valence-electron chi connectivity index (χ4n) is 3.99. The number of aromatic nitrogens is 4. The summed E-state index contributed by atoms with van der Waals surface area (Å²) in [7, 11) is 0. The van der Waals surface area contributed by atoms with Crippen LogP contribution in [0.2, 0.25) is 0 Å². The van der Waals surface area contributed by atoms with E-state index in [1.807, 2.05) is 29.2 Å². The molecule has 0 saturated carbocycles. The van der Waals surface area contributed by atoms with Crippen LogP contribution in [0.4, 0.5) is 11.6 Å². The van der Waals surface area contributed by atoms with Gasteiger partial charge in [-0.25, -0.2) is 4.98 Å². The standard InChI is InChI=1S/C26H32N8O/c1-18(2)19-13-25(33-30-17-19)32-24-7-6-22-23(31-24)12-20(16-29-22)21(14-27)15-28-9-8-26(35)34-10-4-3-5-11-34/h6-7,12-18,27-28H,3-5,8-11H2,1-2H3,(H,31,32,33)/b21-15+,27-14?. The Morgan fingerprint density at radius 2 is 1.94 bits per heavy atom. The molecule has 0 radical (unpaired) electrons. The summed E-state index contributed by atoms with van der Waals surface area (Å²) in [5.41, 5.74) is 3.99. The van der Waals surface area contributed by atoms with Crippen LogP contribution in [0.15, 0.2) is 42.9 Å². The summed E-state index contributed by atoms with van der Waals surface area (Å²) in [6, 6.07) is 7.62. The number of hydrogen-bond donors (Lipinski definition) is 3. The van der Waals surface area contributed by atoms with Crippen molar-refractivity contribution in [3.8, 4) is 0 Å². The van der Waals surface area contributed by atoms with Crippen LogP contribution in [-0.2, 0) is 4.79 Å². The van der Waals surface area contributed by atoms with Crippen molar-refractivity contribution in [2.45, 2.75) is 45.4 Å². The summed E-state index contributed by atoms with van der Waals surface area (Å²) >= 11 is 0. The molecule has 0 aliphatic carbocycles. The van der Waals surface area contributed by atoms with Crippen LogP contribution in [0, 0.1) is 5.41 Å². The Bertz CT molecular complexity index is 1220. The third-order valence-corrected chi connectivity index (χ3v) is 6.07. The van der Waals surface area contributed by atoms with E-state index in [1.54, 1.807) is 18.6 Å². The molecule has 9 heteroatoms. The van der Waals surface area contributed by atoms with Crippen LogP contribution >= 0.6 is 0 Å². The zero-order chi connectivity index (χ0) is 24.6. The first-order valence-electron chi connectivity index (χ1n) is 12.1. The lowest BCUT2D eigenvalue weighted by molar-refractivity contribution is -0.131. The summed E-state index contributed by atoms with van der Waals surface area (Å²) in [6.07, 6.45) is 10.4. The molecule has 3 N–H and O–H groups in total. The summed E-state index contributed by atoms with van der Waals surface area (Å²) in [5.74, 6) is 1.81. The maximum absolute atomic E-state index is 12.3. The van der Waals surface area contributed by atoms with Gasteiger partial charge >= 0.3 is 0 Å². The predicted octanol–water partition coefficient (Wildman–Crippen LogP) is 4.27. The number of rotatable bonds is 9. The number of likely N-dealkylation sites (tertiary alicyclic amines) is 1. The van der Waals surface area contributed by atoms with Crippen LogP contribution in [0.5, 0.6) is 0 Å². The van der Waals surface area contributed by atoms with E-state index < -0.39 is 0 Å². The molecule has 4 rings (SSSR count). The lowest BCUT2D eigenvalue weighted by atomic mass is 10.1. The van der Waals surface area contributed by atoms with Crippen LogP contribution in [0.3, 0.4) is 0 Å². The van der Waals surface area contributed by atoms with Crippen molar-refractivity contribution in [3.63, 3.8) is 0 Å². The van der Waals surface area contributed by atoms with Crippen molar-refractivity contribution in [1.82, 2.24) is 30.4 Å². The van der Waals surface area contributed by atoms with Gasteiger partial charge in [0.1, 0.15) is 5.82 Å². The molecule has 0 bridgehead atoms. The first-order chi connectivity index (χ1) is 17.0. The van der Waals surface area contributed by atoms with Crippen LogP contribution < -0.4 is 10.6 Å². The van der Waals surface area contributed by atoms with Crippen LogP contribution in [-0.4, -0.2) is 56.8 Å². The number of allylic oxidation sites excluding steroid dienone is 1. The van der Waals surface area contributed by atoms with E-state index in [4.69, 9.17) is 5.41 Å². The Morgan fingerprint density at radius 3 is 2.71 bits per heavy atom. The molecule has 3 aromatic heterocycles. The van der Waals surface area contributed by atoms with E-state index in [-0.39, 0.29) is 5.91 Å². The highest BCUT2D eigenvalue weighted by Gasteiger charge is 2.15. The molecule has 0 spiro atoms. The molecule has 0 aromatic carbocycles. The highest BCUT2D eigenvalue weighted by molar-refractivity contribution is 6.08. The van der Waals surface area contributed by atoms with E-state index >= 15 is 0 Å². The number of hydrogen-bond acceptors (Lipinski definition) is 8. The van der Waals surface area contributed by atoms with Crippen molar-refractivity contribution < 1.29 is 4.79 Å². The van der Waals surface area contributed by atoms with E-state index in [9.17, 15) is 4.79 Å². The SMILES string of the molecule is CC(C)c1cnnc(Nc2ccc3ncc(/C(C=N)=C/NCCC(=O)N4CCCCC4)cc3n2)c1. The van der Waals surface area contributed by atoms with Gasteiger partial charge in [0.05, 0.1) is 17.2 Å². The van der Waals surface area contributed by atoms with E-state index in [2.05, 4.69) is 44.6 Å². The molecule has 0 atom stereocenters. The van der Waals surface area contributed by atoms with Crippen LogP contribution in [0.1, 0.15) is 56.6 Å². The number of pyridine rings is 2. The highest BCUT2D eigenvalue weighted by Crippen LogP contribution is 2.21. The number of nitrogens with zero attached hydrogens (tertiary/aromatic N) is 5. The Balaban J connectivity index is 1.43. The van der Waals surface area contributed by atoms with E-state index in [0.29, 0.717) is 41.6 Å². The van der Waals surface area contributed by atoms with Gasteiger partial charge in [-0.1, -0.05) is 13.8 Å². The van der Waals surface area contributed by atoms with Gasteiger partial charge in [-0.2, -0.15) is 5.10 Å². The van der Waals surface area contributed by atoms with Gasteiger partial charge in [-0.05, 0) is 55.0 Å². The average Bonchev–Trinajstić information content (AvgIpc) is 2.89. The van der Waals surface area contributed by atoms with Gasteiger partial charge in [0.2, 0.25) is 5.91 Å². The number of fused-ring (bicyclic) bond motifs is 1. The van der Waals surface area contributed by atoms with Gasteiger partial charge in [0, 0.05) is 55.8 Å². The fraction of sp³-hybridized carbons (Fsp3) is 0.385. The second kappa shape index (κ2) is 11.5. The third kappa shape index (κ3) is 6.38. The molecule has 1 aliphatic heterocycles. The zero-order valence-electron chi connectivity index (χ0n) is 20.3. The van der Waals surface area contributed by atoms with E-state index in [0.717, 1.165) is 42.6 Å². The lowest BCUT2D eigenvalue weighted by Crippen LogP contribution is -2.36. The molecule has 3 aromatic rings. The smallest absolute Gasteiger partial charge is 0.224 e. The van der Waals surface area contributed by atoms with Gasteiger partial charge in [0.25, 0.3) is 0 Å². The Kier molecular flexibility index (Phi) is 7.97. The van der Waals surface area contributed by atoms with Gasteiger partial charge < -0.3 is 20.9 Å². The molecule has 1 saturated heterocycles. The molecule has 1 aliphatic rings. The molecule has 4 heterocycles. The monoisotopic (exact) mass is 472 g/mol. The molecule has 1 fully saturated rings. The molecule has 1 amide bonds. The zero-order valence-corrected chi connectivity index (χ0v) is 20.3. The Labute approximate surface area is 205 Å². The number of anilines is 2. The third-order valence-electron chi connectivity index (χ3n) is 6.07. The first kappa shape index (κ1) is 24.3. The number of carbonyl (C=O) groups is 1. The van der Waals surface area contributed by atoms with Crippen molar-refractivity contribution in [1.29, 1.82) is 5.41 Å². The quantitative estimate of drug-likeness (QED) is 0.314. The second-order valence-corrected chi connectivity index (χ2v) is 9.00. The molecule has 9 nitrogen and oxygen atoms in total. The highest BCUT2D eigenvalue weighted by atomic mass is 16.2. The minimum Gasteiger partial charge on any atom is -0.390 e. The average molecular weight is 473 g/mol. The predicted molar refractivity (Wildman–Crippen MR) is 139 cm³/mol. The Hall–Kier alpha value is -3.88. The number of carbonyl (C=O) groups excluding carboxylic acids is 1. The van der Waals surface area contributed by atoms with Gasteiger partial charge in [-0.3, -0.25) is 9.78 Å². The first-order valence-corrected chi connectivity index (χ1v) is 12.1. The van der Waals surface area contributed by atoms with E-state index in [1.165, 1.54) is 12.6 Å². The fourth-order valence-corrected chi connectivity index (χ4v) is 3.99. The number of piperidine rings is 1. The minimum absolute atomic E-state index is 0.183. The van der Waals surface area contributed by atoms with Crippen molar-refractivity contribution in [3.05, 3.63) is 54.0 Å². The minimum atomic E-state index is 0.183. The maximum atomic E-state index is 12.3. The number of amides is 1. The summed E-state index contributed by atoms with van der Waals surface area (Å²) in [6.45, 7) is 6.47. The van der Waals surface area contributed by atoms with Crippen molar-refractivity contribution >= 4 is 40.4 Å². The summed E-state index contributed by atoms with van der Waals surface area (Å²) in [5, 5.41) is 22.5. The Morgan fingerprint density at radius 1 is 1.11 bits per heavy atom.